The summed E-state index contributed by atoms with van der Waals surface area (Å²) in [5.41, 5.74) is 2.30. The average molecular weight is 283 g/mol. The Morgan fingerprint density at radius 2 is 2.14 bits per heavy atom. The van der Waals surface area contributed by atoms with Crippen LogP contribution in [0.4, 0.5) is 0 Å². The van der Waals surface area contributed by atoms with Gasteiger partial charge in [0.25, 0.3) is 0 Å². The molecular weight excluding hydrogens is 262 g/mol. The van der Waals surface area contributed by atoms with Crippen LogP contribution in [-0.4, -0.2) is 35.4 Å². The van der Waals surface area contributed by atoms with Gasteiger partial charge in [0.05, 0.1) is 11.9 Å². The lowest BCUT2D eigenvalue weighted by molar-refractivity contribution is 0.791. The highest BCUT2D eigenvalue weighted by atomic mass is 15.3. The highest BCUT2D eigenvalue weighted by Gasteiger charge is 2.21. The molecule has 2 aromatic rings. The van der Waals surface area contributed by atoms with Crippen LogP contribution in [0.1, 0.15) is 18.4 Å². The molecule has 0 radical (unpaired) electrons. The zero-order valence-corrected chi connectivity index (χ0v) is 12.3. The number of nitrogens with one attached hydrogen (secondary N) is 2. The van der Waals surface area contributed by atoms with E-state index in [9.17, 15) is 0 Å². The minimum atomic E-state index is 0.622. The van der Waals surface area contributed by atoms with Crippen LogP contribution in [0, 0.1) is 0 Å². The van der Waals surface area contributed by atoms with Gasteiger partial charge in [-0.05, 0) is 37.0 Å². The van der Waals surface area contributed by atoms with Crippen LogP contribution in [0.2, 0.25) is 0 Å². The van der Waals surface area contributed by atoms with Crippen molar-refractivity contribution in [2.75, 3.05) is 13.6 Å². The van der Waals surface area contributed by atoms with Crippen LogP contribution in [0.5, 0.6) is 0 Å². The van der Waals surface area contributed by atoms with Crippen molar-refractivity contribution in [3.8, 4) is 5.69 Å². The van der Waals surface area contributed by atoms with Crippen molar-refractivity contribution in [2.24, 2.45) is 4.99 Å². The van der Waals surface area contributed by atoms with E-state index in [-0.39, 0.29) is 0 Å². The molecule has 1 aromatic heterocycles. The van der Waals surface area contributed by atoms with E-state index in [2.05, 4.69) is 39.1 Å². The topological polar surface area (TPSA) is 54.2 Å². The standard InChI is InChI=1S/C16H21N5/c1-17-16(20-14-7-8-14)18-10-9-13-11-19-21(12-13)15-5-3-2-4-6-15/h2-6,11-12,14H,7-10H2,1H3,(H2,17,18,20). The van der Waals surface area contributed by atoms with E-state index in [1.165, 1.54) is 18.4 Å². The van der Waals surface area contributed by atoms with E-state index >= 15 is 0 Å². The van der Waals surface area contributed by atoms with Gasteiger partial charge in [-0.15, -0.1) is 0 Å². The van der Waals surface area contributed by atoms with E-state index in [1.54, 1.807) is 0 Å². The molecule has 0 amide bonds. The molecule has 5 heteroatoms. The van der Waals surface area contributed by atoms with Crippen LogP contribution in [0.25, 0.3) is 5.69 Å². The second-order valence-electron chi connectivity index (χ2n) is 5.30. The number of aromatic nitrogens is 2. The molecule has 3 rings (SSSR count). The van der Waals surface area contributed by atoms with Crippen molar-refractivity contribution in [3.63, 3.8) is 0 Å². The first-order valence-electron chi connectivity index (χ1n) is 7.41. The highest BCUT2D eigenvalue weighted by Crippen LogP contribution is 2.18. The van der Waals surface area contributed by atoms with Gasteiger partial charge in [-0.2, -0.15) is 5.10 Å². The van der Waals surface area contributed by atoms with Gasteiger partial charge >= 0.3 is 0 Å². The Balaban J connectivity index is 1.50. The predicted octanol–water partition coefficient (Wildman–Crippen LogP) is 1.74. The molecule has 1 heterocycles. The lowest BCUT2D eigenvalue weighted by Crippen LogP contribution is -2.39. The molecule has 1 aliphatic rings. The monoisotopic (exact) mass is 283 g/mol. The summed E-state index contributed by atoms with van der Waals surface area (Å²) in [5, 5.41) is 11.1. The Labute approximate surface area is 125 Å². The van der Waals surface area contributed by atoms with E-state index in [1.807, 2.05) is 36.1 Å². The van der Waals surface area contributed by atoms with Crippen LogP contribution >= 0.6 is 0 Å². The average Bonchev–Trinajstić information content (AvgIpc) is 3.22. The number of guanidine groups is 1. The number of benzene rings is 1. The first kappa shape index (κ1) is 13.7. The zero-order chi connectivity index (χ0) is 14.5. The third kappa shape index (κ3) is 3.84. The maximum atomic E-state index is 4.41. The maximum absolute atomic E-state index is 4.41. The Bertz CT molecular complexity index is 598. The molecule has 0 aliphatic heterocycles. The molecule has 0 unspecified atom stereocenters. The third-order valence-corrected chi connectivity index (χ3v) is 3.50. The van der Waals surface area contributed by atoms with Crippen molar-refractivity contribution in [2.45, 2.75) is 25.3 Å². The van der Waals surface area contributed by atoms with E-state index in [4.69, 9.17) is 0 Å². The zero-order valence-electron chi connectivity index (χ0n) is 12.3. The molecule has 0 spiro atoms. The van der Waals surface area contributed by atoms with Crippen molar-refractivity contribution in [3.05, 3.63) is 48.3 Å². The lowest BCUT2D eigenvalue weighted by atomic mass is 10.2. The molecule has 0 bridgehead atoms. The fourth-order valence-electron chi connectivity index (χ4n) is 2.15. The molecule has 2 N–H and O–H groups in total. The lowest BCUT2D eigenvalue weighted by Gasteiger charge is -2.10. The molecule has 1 saturated carbocycles. The van der Waals surface area contributed by atoms with Gasteiger partial charge in [0.15, 0.2) is 5.96 Å². The molecule has 1 aromatic carbocycles. The largest absolute Gasteiger partial charge is 0.356 e. The highest BCUT2D eigenvalue weighted by molar-refractivity contribution is 5.80. The van der Waals surface area contributed by atoms with E-state index in [0.29, 0.717) is 6.04 Å². The number of hydrogen-bond acceptors (Lipinski definition) is 2. The van der Waals surface area contributed by atoms with Gasteiger partial charge in [-0.25, -0.2) is 4.68 Å². The molecule has 110 valence electrons. The fourth-order valence-corrected chi connectivity index (χ4v) is 2.15. The van der Waals surface area contributed by atoms with Gasteiger partial charge < -0.3 is 10.6 Å². The van der Waals surface area contributed by atoms with Crippen LogP contribution in [0.3, 0.4) is 0 Å². The summed E-state index contributed by atoms with van der Waals surface area (Å²) in [6.45, 7) is 0.854. The molecule has 0 atom stereocenters. The summed E-state index contributed by atoms with van der Waals surface area (Å²) in [6.07, 6.45) is 7.44. The summed E-state index contributed by atoms with van der Waals surface area (Å²) in [7, 11) is 1.81. The van der Waals surface area contributed by atoms with E-state index < -0.39 is 0 Å². The first-order chi connectivity index (χ1) is 10.3. The van der Waals surface area contributed by atoms with Crippen LogP contribution < -0.4 is 10.6 Å². The van der Waals surface area contributed by atoms with Crippen LogP contribution in [-0.2, 0) is 6.42 Å². The first-order valence-corrected chi connectivity index (χ1v) is 7.41. The molecular formula is C16H21N5. The van der Waals surface area contributed by atoms with Gasteiger partial charge in [0.1, 0.15) is 0 Å². The third-order valence-electron chi connectivity index (χ3n) is 3.50. The second kappa shape index (κ2) is 6.43. The fraction of sp³-hybridized carbons (Fsp3) is 0.375. The SMILES string of the molecule is CN=C(NCCc1cnn(-c2ccccc2)c1)NC1CC1. The number of hydrogen-bond donors (Lipinski definition) is 2. The summed E-state index contributed by atoms with van der Waals surface area (Å²) in [5.74, 6) is 0.896. The van der Waals surface area contributed by atoms with Crippen molar-refractivity contribution >= 4 is 5.96 Å². The van der Waals surface area contributed by atoms with Gasteiger partial charge in [0, 0.05) is 25.8 Å². The quantitative estimate of drug-likeness (QED) is 0.649. The van der Waals surface area contributed by atoms with Crippen molar-refractivity contribution in [1.29, 1.82) is 0 Å². The summed E-state index contributed by atoms with van der Waals surface area (Å²) in [6, 6.07) is 10.8. The van der Waals surface area contributed by atoms with Gasteiger partial charge in [-0.1, -0.05) is 18.2 Å². The van der Waals surface area contributed by atoms with Crippen molar-refractivity contribution < 1.29 is 0 Å². The Morgan fingerprint density at radius 3 is 2.86 bits per heavy atom. The van der Waals surface area contributed by atoms with Gasteiger partial charge in [-0.3, -0.25) is 4.99 Å². The Hall–Kier alpha value is -2.30. The van der Waals surface area contributed by atoms with Gasteiger partial charge in [0.2, 0.25) is 0 Å². The molecule has 0 saturated heterocycles. The second-order valence-corrected chi connectivity index (χ2v) is 5.30. The molecule has 1 fully saturated rings. The molecule has 1 aliphatic carbocycles. The Morgan fingerprint density at radius 1 is 1.33 bits per heavy atom. The number of aliphatic imine (C=N–C) groups is 1. The number of nitrogens with zero attached hydrogens (tertiary/aromatic N) is 3. The molecule has 5 nitrogen and oxygen atoms in total. The number of para-hydroxylation sites is 1. The summed E-state index contributed by atoms with van der Waals surface area (Å²) >= 11 is 0. The van der Waals surface area contributed by atoms with E-state index in [0.717, 1.165) is 24.6 Å². The minimum absolute atomic E-state index is 0.622. The summed E-state index contributed by atoms with van der Waals surface area (Å²) < 4.78 is 1.91. The Kier molecular flexibility index (Phi) is 4.19. The maximum Gasteiger partial charge on any atom is 0.191 e. The number of rotatable bonds is 5. The predicted molar refractivity (Wildman–Crippen MR) is 84.8 cm³/mol. The normalized spacial score (nSPS) is 15.0. The smallest absolute Gasteiger partial charge is 0.191 e. The summed E-state index contributed by atoms with van der Waals surface area (Å²) in [4.78, 5) is 4.23. The molecule has 21 heavy (non-hydrogen) atoms. The van der Waals surface area contributed by atoms with Crippen LogP contribution in [0.15, 0.2) is 47.7 Å². The minimum Gasteiger partial charge on any atom is -0.356 e. The van der Waals surface area contributed by atoms with Crippen molar-refractivity contribution in [1.82, 2.24) is 20.4 Å².